The summed E-state index contributed by atoms with van der Waals surface area (Å²) in [6.45, 7) is 7.60. The van der Waals surface area contributed by atoms with Gasteiger partial charge in [-0.25, -0.2) is 4.39 Å². The standard InChI is InChI=1S/C19H18FNO3/c1-13-8-9-16(10-14(13)2)15(3)19(22)21-12-24-23-11-17-6-4-5-7-18(17)20/h4-10,12H,3,11H2,1-2H3. The molecule has 0 heterocycles. The third-order valence-electron chi connectivity index (χ3n) is 3.57. The Morgan fingerprint density at radius 3 is 2.67 bits per heavy atom. The van der Waals surface area contributed by atoms with Gasteiger partial charge in [0.05, 0.1) is 0 Å². The molecule has 24 heavy (non-hydrogen) atoms. The average Bonchev–Trinajstić information content (AvgIpc) is 2.57. The zero-order chi connectivity index (χ0) is 17.5. The Labute approximate surface area is 140 Å². The average molecular weight is 327 g/mol. The van der Waals surface area contributed by atoms with Gasteiger partial charge in [0.25, 0.3) is 5.91 Å². The summed E-state index contributed by atoms with van der Waals surface area (Å²) in [7, 11) is 0. The van der Waals surface area contributed by atoms with Crippen LogP contribution in [0.5, 0.6) is 0 Å². The van der Waals surface area contributed by atoms with Crippen LogP contribution in [0.25, 0.3) is 5.57 Å². The number of hydrogen-bond acceptors (Lipinski definition) is 3. The highest BCUT2D eigenvalue weighted by Crippen LogP contribution is 2.17. The summed E-state index contributed by atoms with van der Waals surface area (Å²) in [5, 5.41) is 0. The van der Waals surface area contributed by atoms with Crippen LogP contribution in [0.15, 0.2) is 54.0 Å². The number of aryl methyl sites for hydroxylation is 2. The number of carbonyl (C=O) groups excluding carboxylic acids is 1. The van der Waals surface area contributed by atoms with E-state index in [9.17, 15) is 9.18 Å². The lowest BCUT2D eigenvalue weighted by Crippen LogP contribution is -2.01. The van der Waals surface area contributed by atoms with E-state index < -0.39 is 11.7 Å². The Kier molecular flexibility index (Phi) is 5.98. The zero-order valence-electron chi connectivity index (χ0n) is 13.6. The second kappa shape index (κ2) is 8.17. The predicted molar refractivity (Wildman–Crippen MR) is 90.7 cm³/mol. The summed E-state index contributed by atoms with van der Waals surface area (Å²) < 4.78 is 13.3. The first-order valence-corrected chi connectivity index (χ1v) is 7.34. The van der Waals surface area contributed by atoms with Gasteiger partial charge < -0.3 is 4.89 Å². The third kappa shape index (κ3) is 4.60. The minimum atomic E-state index is -0.534. The Balaban J connectivity index is 1.85. The van der Waals surface area contributed by atoms with Crippen molar-refractivity contribution in [3.8, 4) is 0 Å². The van der Waals surface area contributed by atoms with Crippen LogP contribution in [0.2, 0.25) is 0 Å². The Morgan fingerprint density at radius 1 is 1.21 bits per heavy atom. The van der Waals surface area contributed by atoms with Crippen LogP contribution < -0.4 is 0 Å². The fourth-order valence-corrected chi connectivity index (χ4v) is 1.94. The van der Waals surface area contributed by atoms with E-state index in [1.54, 1.807) is 18.2 Å². The van der Waals surface area contributed by atoms with Gasteiger partial charge in [0.15, 0.2) is 0 Å². The lowest BCUT2D eigenvalue weighted by molar-refractivity contribution is -0.227. The molecule has 0 saturated carbocycles. The van der Waals surface area contributed by atoms with Crippen LogP contribution in [0.1, 0.15) is 22.3 Å². The van der Waals surface area contributed by atoms with Crippen LogP contribution in [-0.2, 0) is 21.2 Å². The second-order valence-electron chi connectivity index (χ2n) is 5.27. The Morgan fingerprint density at radius 2 is 1.96 bits per heavy atom. The molecule has 124 valence electrons. The van der Waals surface area contributed by atoms with Crippen molar-refractivity contribution in [2.24, 2.45) is 4.99 Å². The first-order chi connectivity index (χ1) is 11.5. The molecule has 0 aliphatic carbocycles. The van der Waals surface area contributed by atoms with Crippen LogP contribution in [0.4, 0.5) is 4.39 Å². The van der Waals surface area contributed by atoms with Crippen molar-refractivity contribution in [2.75, 3.05) is 0 Å². The second-order valence-corrected chi connectivity index (χ2v) is 5.27. The topological polar surface area (TPSA) is 47.9 Å². The lowest BCUT2D eigenvalue weighted by atomic mass is 10.0. The van der Waals surface area contributed by atoms with Crippen LogP contribution in [0.3, 0.4) is 0 Å². The molecule has 2 aromatic carbocycles. The first-order valence-electron chi connectivity index (χ1n) is 7.34. The van der Waals surface area contributed by atoms with E-state index in [1.165, 1.54) is 6.07 Å². The van der Waals surface area contributed by atoms with Crippen molar-refractivity contribution < 1.29 is 19.0 Å². The third-order valence-corrected chi connectivity index (χ3v) is 3.57. The molecule has 5 heteroatoms. The number of hydrogen-bond donors (Lipinski definition) is 0. The first kappa shape index (κ1) is 17.6. The van der Waals surface area contributed by atoms with Crippen LogP contribution in [-0.4, -0.2) is 12.3 Å². The summed E-state index contributed by atoms with van der Waals surface area (Å²) in [4.78, 5) is 25.0. The van der Waals surface area contributed by atoms with E-state index in [-0.39, 0.29) is 12.2 Å². The number of amides is 1. The van der Waals surface area contributed by atoms with Gasteiger partial charge >= 0.3 is 0 Å². The number of benzene rings is 2. The van der Waals surface area contributed by atoms with Crippen LogP contribution >= 0.6 is 0 Å². The van der Waals surface area contributed by atoms with E-state index in [4.69, 9.17) is 4.89 Å². The molecular formula is C19H18FNO3. The number of nitrogens with zero attached hydrogens (tertiary/aromatic N) is 1. The van der Waals surface area contributed by atoms with Gasteiger partial charge in [-0.1, -0.05) is 43.0 Å². The molecule has 4 nitrogen and oxygen atoms in total. The predicted octanol–water partition coefficient (Wildman–Crippen LogP) is 4.16. The van der Waals surface area contributed by atoms with Crippen molar-refractivity contribution in [3.05, 3.63) is 77.1 Å². The minimum Gasteiger partial charge on any atom is -0.325 e. The molecular weight excluding hydrogens is 309 g/mol. The number of halogens is 1. The maximum Gasteiger partial charge on any atom is 0.279 e. The molecule has 0 radical (unpaired) electrons. The maximum atomic E-state index is 13.3. The smallest absolute Gasteiger partial charge is 0.279 e. The van der Waals surface area contributed by atoms with Crippen molar-refractivity contribution in [2.45, 2.75) is 20.5 Å². The fraction of sp³-hybridized carbons (Fsp3) is 0.158. The molecule has 1 amide bonds. The zero-order valence-corrected chi connectivity index (χ0v) is 13.6. The van der Waals surface area contributed by atoms with Gasteiger partial charge in [-0.05, 0) is 36.6 Å². The highest BCUT2D eigenvalue weighted by molar-refractivity contribution is 6.20. The molecule has 0 atom stereocenters. The Bertz CT molecular complexity index is 784. The molecule has 0 spiro atoms. The van der Waals surface area contributed by atoms with E-state index in [2.05, 4.69) is 16.5 Å². The van der Waals surface area contributed by atoms with Gasteiger partial charge in [0.1, 0.15) is 12.4 Å². The number of rotatable bonds is 6. The monoisotopic (exact) mass is 327 g/mol. The normalized spacial score (nSPS) is 10.8. The highest BCUT2D eigenvalue weighted by Gasteiger charge is 2.09. The van der Waals surface area contributed by atoms with Gasteiger partial charge in [-0.2, -0.15) is 9.88 Å². The highest BCUT2D eigenvalue weighted by atomic mass is 19.1. The largest absolute Gasteiger partial charge is 0.325 e. The molecule has 0 fully saturated rings. The number of aliphatic imine (C=N–C) groups is 1. The number of carbonyl (C=O) groups is 1. The molecule has 0 unspecified atom stereocenters. The fourth-order valence-electron chi connectivity index (χ4n) is 1.94. The van der Waals surface area contributed by atoms with Gasteiger partial charge in [0.2, 0.25) is 6.40 Å². The summed E-state index contributed by atoms with van der Waals surface area (Å²) in [5.74, 6) is -0.926. The lowest BCUT2D eigenvalue weighted by Gasteiger charge is -2.05. The summed E-state index contributed by atoms with van der Waals surface area (Å²) in [5.41, 5.74) is 3.50. The minimum absolute atomic E-state index is 0.0923. The molecule has 0 aromatic heterocycles. The molecule has 0 saturated heterocycles. The SMILES string of the molecule is C=C(C(=O)N=COOCc1ccccc1F)c1ccc(C)c(C)c1. The molecule has 0 aliphatic rings. The maximum absolute atomic E-state index is 13.3. The summed E-state index contributed by atoms with van der Waals surface area (Å²) >= 11 is 0. The molecule has 0 N–H and O–H groups in total. The van der Waals surface area contributed by atoms with Crippen molar-refractivity contribution in [3.63, 3.8) is 0 Å². The van der Waals surface area contributed by atoms with Crippen molar-refractivity contribution in [1.82, 2.24) is 0 Å². The molecule has 2 aromatic rings. The van der Waals surface area contributed by atoms with E-state index in [1.807, 2.05) is 32.0 Å². The van der Waals surface area contributed by atoms with Crippen LogP contribution in [0, 0.1) is 19.7 Å². The van der Waals surface area contributed by atoms with E-state index in [0.29, 0.717) is 11.1 Å². The van der Waals surface area contributed by atoms with Gasteiger partial charge in [0, 0.05) is 11.1 Å². The molecule has 0 aliphatic heterocycles. The molecule has 2 rings (SSSR count). The quantitative estimate of drug-likeness (QED) is 0.200. The summed E-state index contributed by atoms with van der Waals surface area (Å²) in [6, 6.07) is 11.8. The van der Waals surface area contributed by atoms with Gasteiger partial charge in [-0.15, -0.1) is 0 Å². The van der Waals surface area contributed by atoms with Crippen molar-refractivity contribution in [1.29, 1.82) is 0 Å². The van der Waals surface area contributed by atoms with Gasteiger partial charge in [-0.3, -0.25) is 4.79 Å². The molecule has 0 bridgehead atoms. The van der Waals surface area contributed by atoms with E-state index in [0.717, 1.165) is 17.5 Å². The van der Waals surface area contributed by atoms with Crippen molar-refractivity contribution >= 4 is 17.9 Å². The summed E-state index contributed by atoms with van der Waals surface area (Å²) in [6.07, 6.45) is 0.870. The van der Waals surface area contributed by atoms with E-state index >= 15 is 0 Å². The Hall–Kier alpha value is -2.79.